The van der Waals surface area contributed by atoms with E-state index in [1.165, 1.54) is 0 Å². The predicted octanol–water partition coefficient (Wildman–Crippen LogP) is 5.37. The Kier molecular flexibility index (Phi) is 16.8. The molecule has 11 atom stereocenters. The summed E-state index contributed by atoms with van der Waals surface area (Å²) in [7, 11) is 5.86. The minimum Gasteiger partial charge on any atom is -0.507 e. The van der Waals surface area contributed by atoms with E-state index in [4.69, 9.17) is 24.7 Å². The molecule has 8 N–H and O–H groups in total. The molecule has 0 saturated carbocycles. The van der Waals surface area contributed by atoms with Crippen LogP contribution in [0.5, 0.6) is 46.0 Å². The van der Waals surface area contributed by atoms with Gasteiger partial charge in [-0.3, -0.25) is 24.4 Å². The fourth-order valence-electron chi connectivity index (χ4n) is 14.9. The van der Waals surface area contributed by atoms with Gasteiger partial charge in [0.25, 0.3) is 0 Å². The third-order valence-corrected chi connectivity index (χ3v) is 18.9. The van der Waals surface area contributed by atoms with E-state index in [9.17, 15) is 35.7 Å². The number of nitrogens with zero attached hydrogens (tertiary/aromatic N) is 6. The molecule has 20 heteroatoms. The average molecular weight is 1490 g/mol. The summed E-state index contributed by atoms with van der Waals surface area (Å²) in [5.74, 6) is 3.21. The molecule has 0 spiro atoms. The van der Waals surface area contributed by atoms with E-state index in [1.54, 1.807) is 7.05 Å². The van der Waals surface area contributed by atoms with Crippen LogP contribution in [0.1, 0.15) is 116 Å². The van der Waals surface area contributed by atoms with Crippen molar-refractivity contribution < 1.29 is 132 Å². The number of nitriles is 2. The van der Waals surface area contributed by atoms with Crippen LogP contribution in [0.3, 0.4) is 0 Å². The predicted molar refractivity (Wildman–Crippen MR) is 282 cm³/mol. The normalized spacial score (nSPS) is 27.1. The zero-order valence-corrected chi connectivity index (χ0v) is 56.0. The number of hydrogen-bond acceptors (Lipinski definition) is 17. The molecule has 2 fully saturated rings. The molecule has 2 unspecified atom stereocenters. The minimum absolute atomic E-state index is 0. The van der Waals surface area contributed by atoms with Crippen LogP contribution in [0.15, 0.2) is 12.1 Å². The van der Waals surface area contributed by atoms with Crippen molar-refractivity contribution in [3.63, 3.8) is 0 Å². The molecule has 2 radical (unpaired) electrons. The molecule has 8 heterocycles. The fraction of sp³-hybridized carbons (Fsp3) is 0.534. The molecule has 12 rings (SSSR count). The quantitative estimate of drug-likeness (QED) is 0.128. The van der Waals surface area contributed by atoms with Gasteiger partial charge in [0.05, 0.1) is 42.3 Å². The Morgan fingerprint density at radius 2 is 1.05 bits per heavy atom. The number of aryl methyl sites for hydroxylation is 2. The zero-order chi connectivity index (χ0) is 54.2. The number of nitrogens with two attached hydrogens (primary N) is 1. The number of hydrogen-bond donors (Lipinski definition) is 7. The smallest absolute Gasteiger partial charge is 0.237 e. The first-order chi connectivity index (χ1) is 36.3. The second-order valence-corrected chi connectivity index (χ2v) is 22.7. The summed E-state index contributed by atoms with van der Waals surface area (Å²) in [4.78, 5) is 22.3. The van der Waals surface area contributed by atoms with Crippen LogP contribution in [0.25, 0.3) is 0 Å². The van der Waals surface area contributed by atoms with Crippen LogP contribution in [-0.2, 0) is 30.5 Å². The van der Waals surface area contributed by atoms with Crippen molar-refractivity contribution in [2.75, 3.05) is 47.8 Å². The number of carbonyl (C=O) groups excluding carboxylic acids is 1. The van der Waals surface area contributed by atoms with Crippen molar-refractivity contribution in [2.24, 2.45) is 11.7 Å². The van der Waals surface area contributed by atoms with Crippen LogP contribution in [0.4, 0.5) is 0 Å². The number of rotatable bonds is 6. The van der Waals surface area contributed by atoms with E-state index in [-0.39, 0.29) is 186 Å². The van der Waals surface area contributed by atoms with Gasteiger partial charge in [-0.1, -0.05) is 26.0 Å². The molecule has 4 aromatic carbocycles. The van der Waals surface area contributed by atoms with Crippen molar-refractivity contribution in [3.8, 4) is 58.1 Å². The summed E-state index contributed by atoms with van der Waals surface area (Å²) in [6.07, 6.45) is 2.26. The number of benzene rings is 4. The molecule has 8 aliphatic rings. The first-order valence-electron chi connectivity index (χ1n) is 26.7. The second-order valence-electron chi connectivity index (χ2n) is 22.7. The molecular weight excluding hydrogens is 1420 g/mol. The van der Waals surface area contributed by atoms with Gasteiger partial charge in [0.2, 0.25) is 19.5 Å². The molecule has 4 bridgehead atoms. The summed E-state index contributed by atoms with van der Waals surface area (Å²) in [5, 5.41) is 73.0. The van der Waals surface area contributed by atoms with Gasteiger partial charge in [-0.2, -0.15) is 10.5 Å². The summed E-state index contributed by atoms with van der Waals surface area (Å²) in [6.45, 7) is 16.2. The molecule has 408 valence electrons. The van der Waals surface area contributed by atoms with Gasteiger partial charge in [0.1, 0.15) is 35.1 Å². The van der Waals surface area contributed by atoms with Crippen molar-refractivity contribution in [1.82, 2.24) is 30.2 Å². The number of piperazine rings is 2. The Bertz CT molecular complexity index is 3200. The van der Waals surface area contributed by atoms with Crippen molar-refractivity contribution >= 4 is 5.91 Å². The molecule has 18 nitrogen and oxygen atoms in total. The summed E-state index contributed by atoms with van der Waals surface area (Å²) < 4.78 is 23.4. The van der Waals surface area contributed by atoms with E-state index >= 15 is 0 Å². The number of amides is 1. The molecule has 78 heavy (non-hydrogen) atoms. The van der Waals surface area contributed by atoms with Gasteiger partial charge in [-0.15, -0.1) is 0 Å². The first kappa shape index (κ1) is 59.0. The Labute approximate surface area is 528 Å². The zero-order valence-electron chi connectivity index (χ0n) is 46.5. The number of fused-ring (bicyclic) bond motifs is 18. The summed E-state index contributed by atoms with van der Waals surface area (Å²) >= 11 is 0. The number of likely N-dealkylation sites (N-methyl/N-ethyl adjacent to an activating group) is 3. The molecule has 8 aliphatic heterocycles. The number of carbonyl (C=O) groups is 1. The van der Waals surface area contributed by atoms with E-state index in [0.29, 0.717) is 71.3 Å². The minimum atomic E-state index is -0.505. The monoisotopic (exact) mass is 1490 g/mol. The Morgan fingerprint density at radius 1 is 0.641 bits per heavy atom. The van der Waals surface area contributed by atoms with Crippen molar-refractivity contribution in [1.29, 1.82) is 10.5 Å². The largest absolute Gasteiger partial charge is 0.507 e. The van der Waals surface area contributed by atoms with E-state index in [1.807, 2.05) is 69.5 Å². The molecule has 0 aromatic heterocycles. The molecule has 2 saturated heterocycles. The van der Waals surface area contributed by atoms with E-state index < -0.39 is 18.1 Å². The SMILES string of the molecule is CN[C@H](C(=O)NC[C@H]1c2c(c(O)c(C)c3c2OCO3)CC2[C@H]3c4c(cc(C)c(C)c4O)C[C@@H]([C@H](C#N)N21)N3C)C(C)C.Cc1cc2c(c(O)c1C)[C@@H]1C3Cc4c(O)c(C)c5c(c4[C@H](CN)N3[C@@H](C#N)[C@H](C2)N1C)OCO5.[Ac].[Ac]. The van der Waals surface area contributed by atoms with Crippen LogP contribution in [0.2, 0.25) is 0 Å². The first-order valence-corrected chi connectivity index (χ1v) is 26.7. The van der Waals surface area contributed by atoms with Gasteiger partial charge >= 0.3 is 0 Å². The summed E-state index contributed by atoms with van der Waals surface area (Å²) in [6, 6.07) is 6.52. The van der Waals surface area contributed by atoms with Gasteiger partial charge in [0, 0.05) is 170 Å². The molecule has 0 aliphatic carbocycles. The second kappa shape index (κ2) is 22.3. The van der Waals surface area contributed by atoms with Gasteiger partial charge in [0.15, 0.2) is 23.0 Å². The number of aromatic hydroxyl groups is 4. The topological polar surface area (TPSA) is 246 Å². The molecule has 1 amide bonds. The fourth-order valence-corrected chi connectivity index (χ4v) is 14.9. The van der Waals surface area contributed by atoms with Gasteiger partial charge in [-0.25, -0.2) is 0 Å². The van der Waals surface area contributed by atoms with E-state index in [0.717, 1.165) is 66.8 Å². The third kappa shape index (κ3) is 8.74. The Hall–Kier alpha value is -3.63. The summed E-state index contributed by atoms with van der Waals surface area (Å²) in [5.41, 5.74) is 18.6. The number of ether oxygens (including phenoxy) is 4. The molecule has 4 aromatic rings. The maximum Gasteiger partial charge on any atom is 0.237 e. The van der Waals surface area contributed by atoms with Gasteiger partial charge in [-0.05, 0) is 128 Å². The van der Waals surface area contributed by atoms with E-state index in [2.05, 4.69) is 54.5 Å². The number of nitrogens with one attached hydrogen (secondary N) is 2. The van der Waals surface area contributed by atoms with Crippen LogP contribution >= 0.6 is 0 Å². The third-order valence-electron chi connectivity index (χ3n) is 18.9. The van der Waals surface area contributed by atoms with Crippen LogP contribution in [-0.4, -0.2) is 136 Å². The Balaban J connectivity index is 0.000000189. The molecular formula is C58H71Ac2N9O9. The number of phenols is 4. The maximum atomic E-state index is 13.4. The maximum absolute atomic E-state index is 13.4. The van der Waals surface area contributed by atoms with Crippen molar-refractivity contribution in [3.05, 3.63) is 90.0 Å². The van der Waals surface area contributed by atoms with Crippen LogP contribution < -0.4 is 35.3 Å². The number of phenolic OH excluding ortho intramolecular Hbond substituents is 4. The van der Waals surface area contributed by atoms with Crippen molar-refractivity contribution in [2.45, 2.75) is 148 Å². The Morgan fingerprint density at radius 3 is 1.45 bits per heavy atom. The standard InChI is InChI=1S/C32H41N5O5.C26H30N4O4.2Ac/c1-14(2)26(34-6)32(40)35-12-23-25-19(28(38)17(5)30-31(25)42-13-41-30)10-21-27-24-18(8-15(3)16(4)29(24)39)9-20(36(27)7)22(11-33)37(21)23;1-11-5-14-6-16-18(8-27)30-17(22(29(16)4)20(14)24(32)12(11)2)7-15-21(19(30)9-28)26-25(33-10-34-26)13(3)23(15)31;;/h8,14,20-23,26-27,34,38-39H,9-10,12-13H2,1-7H3,(H,35,40);5,16-19,22,31-32H,6-7,9-10,28H2,1-4H3;;/t20-,21?,22-,23-,26-,27-;16-,17?,18-,19-,22-;;/m00../s1. The van der Waals surface area contributed by atoms with Gasteiger partial charge < -0.3 is 55.7 Å². The average Bonchev–Trinajstić information content (AvgIpc) is 3.83. The van der Waals surface area contributed by atoms with Crippen LogP contribution in [0, 0.1) is 158 Å².